The van der Waals surface area contributed by atoms with Crippen molar-refractivity contribution >= 4 is 0 Å². The standard InChI is InChI=1S/C17H23N3/c1-2-14-8-9-17(18-10-14)16-11-19-20(13-16)12-15-6-4-3-5-7-15/h3-7,11,13-14,17-18H,2,8-10,12H2,1H3/t14-,17+/m1/s1. The van der Waals surface area contributed by atoms with Crippen LogP contribution in [0.4, 0.5) is 0 Å². The predicted molar refractivity (Wildman–Crippen MR) is 81.5 cm³/mol. The van der Waals surface area contributed by atoms with E-state index in [1.54, 1.807) is 0 Å². The highest BCUT2D eigenvalue weighted by Gasteiger charge is 2.21. The molecule has 1 N–H and O–H groups in total. The summed E-state index contributed by atoms with van der Waals surface area (Å²) in [6.45, 7) is 4.28. The van der Waals surface area contributed by atoms with Gasteiger partial charge in [0.25, 0.3) is 0 Å². The van der Waals surface area contributed by atoms with Crippen LogP contribution in [0.3, 0.4) is 0 Å². The number of hydrogen-bond acceptors (Lipinski definition) is 2. The molecule has 1 saturated heterocycles. The predicted octanol–water partition coefficient (Wildman–Crippen LogP) is 3.38. The lowest BCUT2D eigenvalue weighted by Gasteiger charge is -2.28. The van der Waals surface area contributed by atoms with Gasteiger partial charge in [-0.2, -0.15) is 5.10 Å². The van der Waals surface area contributed by atoms with Gasteiger partial charge in [0.05, 0.1) is 12.7 Å². The fraction of sp³-hybridized carbons (Fsp3) is 0.471. The van der Waals surface area contributed by atoms with Crippen LogP contribution in [0.5, 0.6) is 0 Å². The Hall–Kier alpha value is -1.61. The van der Waals surface area contributed by atoms with Crippen molar-refractivity contribution in [1.29, 1.82) is 0 Å². The van der Waals surface area contributed by atoms with Crippen molar-refractivity contribution in [3.8, 4) is 0 Å². The van der Waals surface area contributed by atoms with Gasteiger partial charge in [-0.25, -0.2) is 0 Å². The van der Waals surface area contributed by atoms with Gasteiger partial charge in [-0.3, -0.25) is 4.68 Å². The van der Waals surface area contributed by atoms with Crippen LogP contribution in [0.1, 0.15) is 43.4 Å². The maximum Gasteiger partial charge on any atom is 0.0659 e. The zero-order valence-corrected chi connectivity index (χ0v) is 12.1. The molecule has 106 valence electrons. The number of piperidine rings is 1. The molecule has 3 rings (SSSR count). The van der Waals surface area contributed by atoms with E-state index in [0.29, 0.717) is 6.04 Å². The third-order valence-electron chi connectivity index (χ3n) is 4.34. The molecule has 0 saturated carbocycles. The molecule has 1 aromatic carbocycles. The van der Waals surface area contributed by atoms with E-state index in [1.165, 1.54) is 30.4 Å². The van der Waals surface area contributed by atoms with E-state index in [1.807, 2.05) is 16.9 Å². The maximum absolute atomic E-state index is 4.50. The Kier molecular flexibility index (Phi) is 4.16. The molecule has 2 heterocycles. The van der Waals surface area contributed by atoms with Crippen molar-refractivity contribution in [2.24, 2.45) is 5.92 Å². The molecule has 1 aromatic heterocycles. The Morgan fingerprint density at radius 1 is 1.25 bits per heavy atom. The smallest absolute Gasteiger partial charge is 0.0659 e. The molecule has 1 aliphatic heterocycles. The first-order valence-corrected chi connectivity index (χ1v) is 7.65. The van der Waals surface area contributed by atoms with Crippen molar-refractivity contribution in [2.75, 3.05) is 6.54 Å². The summed E-state index contributed by atoms with van der Waals surface area (Å²) in [6.07, 6.45) is 8.06. The Morgan fingerprint density at radius 3 is 2.80 bits per heavy atom. The summed E-state index contributed by atoms with van der Waals surface area (Å²) in [6, 6.07) is 11.0. The first kappa shape index (κ1) is 13.4. The Bertz CT molecular complexity index is 524. The molecule has 20 heavy (non-hydrogen) atoms. The molecule has 2 atom stereocenters. The summed E-state index contributed by atoms with van der Waals surface area (Å²) >= 11 is 0. The average molecular weight is 269 g/mol. The zero-order chi connectivity index (χ0) is 13.8. The quantitative estimate of drug-likeness (QED) is 0.922. The Morgan fingerprint density at radius 2 is 2.10 bits per heavy atom. The molecular formula is C17H23N3. The second-order valence-electron chi connectivity index (χ2n) is 5.77. The first-order chi connectivity index (χ1) is 9.85. The molecule has 0 aliphatic carbocycles. The molecule has 0 amide bonds. The summed E-state index contributed by atoms with van der Waals surface area (Å²) < 4.78 is 2.04. The van der Waals surface area contributed by atoms with Crippen molar-refractivity contribution in [2.45, 2.75) is 38.8 Å². The molecule has 3 nitrogen and oxygen atoms in total. The number of hydrogen-bond donors (Lipinski definition) is 1. The molecule has 0 unspecified atom stereocenters. The van der Waals surface area contributed by atoms with Gasteiger partial charge in [0, 0.05) is 17.8 Å². The molecule has 0 bridgehead atoms. The summed E-state index contributed by atoms with van der Waals surface area (Å²) in [7, 11) is 0. The van der Waals surface area contributed by atoms with Crippen molar-refractivity contribution < 1.29 is 0 Å². The fourth-order valence-corrected chi connectivity index (χ4v) is 2.96. The van der Waals surface area contributed by atoms with Gasteiger partial charge in [-0.1, -0.05) is 43.7 Å². The minimum absolute atomic E-state index is 0.488. The summed E-state index contributed by atoms with van der Waals surface area (Å²) in [5, 5.41) is 8.16. The van der Waals surface area contributed by atoms with Crippen LogP contribution in [-0.2, 0) is 6.54 Å². The fourth-order valence-electron chi connectivity index (χ4n) is 2.96. The van der Waals surface area contributed by atoms with Gasteiger partial charge in [0.1, 0.15) is 0 Å². The molecular weight excluding hydrogens is 246 g/mol. The first-order valence-electron chi connectivity index (χ1n) is 7.65. The van der Waals surface area contributed by atoms with E-state index >= 15 is 0 Å². The van der Waals surface area contributed by atoms with E-state index in [-0.39, 0.29) is 0 Å². The van der Waals surface area contributed by atoms with Crippen molar-refractivity contribution in [3.63, 3.8) is 0 Å². The van der Waals surface area contributed by atoms with Gasteiger partial charge in [0.15, 0.2) is 0 Å². The Labute approximate surface area is 121 Å². The van der Waals surface area contributed by atoms with Gasteiger partial charge < -0.3 is 5.32 Å². The van der Waals surface area contributed by atoms with Crippen LogP contribution in [0.25, 0.3) is 0 Å². The highest BCUT2D eigenvalue weighted by Crippen LogP contribution is 2.26. The molecule has 0 spiro atoms. The third-order valence-corrected chi connectivity index (χ3v) is 4.34. The lowest BCUT2D eigenvalue weighted by Crippen LogP contribution is -2.32. The lowest BCUT2D eigenvalue weighted by molar-refractivity contribution is 0.308. The summed E-state index contributed by atoms with van der Waals surface area (Å²) in [4.78, 5) is 0. The van der Waals surface area contributed by atoms with Crippen LogP contribution in [0.15, 0.2) is 42.7 Å². The second kappa shape index (κ2) is 6.23. The van der Waals surface area contributed by atoms with Crippen LogP contribution in [-0.4, -0.2) is 16.3 Å². The van der Waals surface area contributed by atoms with Crippen LogP contribution >= 0.6 is 0 Å². The molecule has 0 radical (unpaired) electrons. The topological polar surface area (TPSA) is 29.9 Å². The van der Waals surface area contributed by atoms with Gasteiger partial charge in [-0.15, -0.1) is 0 Å². The second-order valence-corrected chi connectivity index (χ2v) is 5.77. The number of nitrogens with one attached hydrogen (secondary N) is 1. The number of nitrogens with zero attached hydrogens (tertiary/aromatic N) is 2. The third kappa shape index (κ3) is 3.10. The van der Waals surface area contributed by atoms with E-state index in [4.69, 9.17) is 0 Å². The maximum atomic E-state index is 4.50. The molecule has 1 fully saturated rings. The minimum Gasteiger partial charge on any atom is -0.310 e. The van der Waals surface area contributed by atoms with E-state index < -0.39 is 0 Å². The highest BCUT2D eigenvalue weighted by atomic mass is 15.3. The molecule has 3 heteroatoms. The van der Waals surface area contributed by atoms with E-state index in [2.05, 4.69) is 47.8 Å². The summed E-state index contributed by atoms with van der Waals surface area (Å²) in [5.41, 5.74) is 2.63. The van der Waals surface area contributed by atoms with E-state index in [0.717, 1.165) is 19.0 Å². The minimum atomic E-state index is 0.488. The average Bonchev–Trinajstić information content (AvgIpc) is 2.97. The lowest BCUT2D eigenvalue weighted by atomic mass is 9.91. The van der Waals surface area contributed by atoms with Crippen molar-refractivity contribution in [1.82, 2.24) is 15.1 Å². The van der Waals surface area contributed by atoms with Gasteiger partial charge >= 0.3 is 0 Å². The molecule has 1 aliphatic rings. The number of aromatic nitrogens is 2. The van der Waals surface area contributed by atoms with Crippen LogP contribution in [0.2, 0.25) is 0 Å². The highest BCUT2D eigenvalue weighted by molar-refractivity contribution is 5.17. The van der Waals surface area contributed by atoms with Gasteiger partial charge in [-0.05, 0) is 30.9 Å². The normalized spacial score (nSPS) is 22.9. The van der Waals surface area contributed by atoms with Crippen LogP contribution in [0, 0.1) is 5.92 Å². The number of benzene rings is 1. The van der Waals surface area contributed by atoms with Crippen molar-refractivity contribution in [3.05, 3.63) is 53.9 Å². The zero-order valence-electron chi connectivity index (χ0n) is 12.1. The number of rotatable bonds is 4. The SMILES string of the molecule is CC[C@@H]1CC[C@@H](c2cnn(Cc3ccccc3)c2)NC1. The van der Waals surface area contributed by atoms with Gasteiger partial charge in [0.2, 0.25) is 0 Å². The largest absolute Gasteiger partial charge is 0.310 e. The summed E-state index contributed by atoms with van der Waals surface area (Å²) in [5.74, 6) is 0.852. The molecule has 2 aromatic rings. The Balaban J connectivity index is 1.62. The van der Waals surface area contributed by atoms with E-state index in [9.17, 15) is 0 Å². The monoisotopic (exact) mass is 269 g/mol. The van der Waals surface area contributed by atoms with Crippen LogP contribution < -0.4 is 5.32 Å².